The largest absolute Gasteiger partial charge is 0.493 e. The van der Waals surface area contributed by atoms with Crippen LogP contribution >= 0.6 is 0 Å². The Labute approximate surface area is 187 Å². The van der Waals surface area contributed by atoms with Crippen molar-refractivity contribution in [3.63, 3.8) is 0 Å². The van der Waals surface area contributed by atoms with Gasteiger partial charge in [0, 0.05) is 6.07 Å². The predicted molar refractivity (Wildman–Crippen MR) is 112 cm³/mol. The lowest BCUT2D eigenvalue weighted by atomic mass is 10.1. The molecular weight excluding hydrogens is 438 g/mol. The van der Waals surface area contributed by atoms with Crippen LogP contribution in [0.15, 0.2) is 47.0 Å². The van der Waals surface area contributed by atoms with Crippen molar-refractivity contribution in [1.82, 2.24) is 10.2 Å². The number of urea groups is 1. The Morgan fingerprint density at radius 3 is 2.70 bits per heavy atom. The zero-order valence-electron chi connectivity index (χ0n) is 17.7. The summed E-state index contributed by atoms with van der Waals surface area (Å²) in [5, 5.41) is 13.9. The maximum absolute atomic E-state index is 12.7. The number of methoxy groups -OCH3 is 2. The number of nitro groups is 1. The maximum atomic E-state index is 12.7. The van der Waals surface area contributed by atoms with Gasteiger partial charge in [0.15, 0.2) is 5.75 Å². The number of benzene rings is 1. The molecule has 1 aromatic carbocycles. The Bertz CT molecular complexity index is 1170. The molecule has 0 aliphatic carbocycles. The van der Waals surface area contributed by atoms with Crippen LogP contribution in [-0.2, 0) is 16.1 Å². The first-order valence-corrected chi connectivity index (χ1v) is 9.40. The maximum Gasteiger partial charge on any atom is 0.373 e. The van der Waals surface area contributed by atoms with Crippen LogP contribution in [0, 0.1) is 10.1 Å². The van der Waals surface area contributed by atoms with Crippen LogP contribution in [0.4, 0.5) is 10.5 Å². The summed E-state index contributed by atoms with van der Waals surface area (Å²) in [6, 6.07) is 4.68. The fourth-order valence-electron chi connectivity index (χ4n) is 2.98. The molecule has 1 aliphatic rings. The number of amides is 3. The minimum atomic E-state index is -0.727. The number of nitrogens with one attached hydrogen (secondary N) is 1. The number of esters is 1. The molecule has 0 spiro atoms. The molecule has 1 aromatic heterocycles. The van der Waals surface area contributed by atoms with Crippen LogP contribution in [0.2, 0.25) is 0 Å². The zero-order valence-corrected chi connectivity index (χ0v) is 17.7. The van der Waals surface area contributed by atoms with E-state index >= 15 is 0 Å². The number of nitro benzene ring substituents is 1. The second kappa shape index (κ2) is 9.68. The smallest absolute Gasteiger partial charge is 0.373 e. The molecule has 1 aliphatic heterocycles. The second-order valence-electron chi connectivity index (χ2n) is 6.57. The number of ether oxygens (including phenoxy) is 3. The summed E-state index contributed by atoms with van der Waals surface area (Å²) in [6.07, 6.45) is 2.70. The molecule has 172 valence electrons. The highest BCUT2D eigenvalue weighted by Gasteiger charge is 2.34. The number of hydrogen-bond acceptors (Lipinski definition) is 9. The van der Waals surface area contributed by atoms with Crippen molar-refractivity contribution in [3.8, 4) is 11.5 Å². The van der Waals surface area contributed by atoms with Crippen LogP contribution in [0.25, 0.3) is 6.08 Å². The number of furan rings is 1. The molecule has 33 heavy (non-hydrogen) atoms. The fourth-order valence-corrected chi connectivity index (χ4v) is 2.98. The summed E-state index contributed by atoms with van der Waals surface area (Å²) in [5.41, 5.74) is -0.278. The van der Waals surface area contributed by atoms with Gasteiger partial charge in [0.1, 0.15) is 18.1 Å². The molecular formula is C21H19N3O9. The molecule has 3 amide bonds. The van der Waals surface area contributed by atoms with Gasteiger partial charge in [-0.2, -0.15) is 0 Å². The van der Waals surface area contributed by atoms with Crippen molar-refractivity contribution in [2.75, 3.05) is 20.8 Å². The fraction of sp³-hybridized carbons (Fsp3) is 0.190. The molecule has 0 unspecified atom stereocenters. The third kappa shape index (κ3) is 4.84. The van der Waals surface area contributed by atoms with Crippen LogP contribution in [0.1, 0.15) is 21.9 Å². The summed E-state index contributed by atoms with van der Waals surface area (Å²) in [7, 11) is 2.50. The summed E-state index contributed by atoms with van der Waals surface area (Å²) in [6.45, 7) is 3.28. The van der Waals surface area contributed by atoms with E-state index in [9.17, 15) is 24.5 Å². The monoisotopic (exact) mass is 457 g/mol. The number of hydrogen-bond donors (Lipinski definition) is 1. The van der Waals surface area contributed by atoms with E-state index in [1.165, 1.54) is 50.6 Å². The molecule has 0 bridgehead atoms. The second-order valence-corrected chi connectivity index (χ2v) is 6.57. The van der Waals surface area contributed by atoms with Crippen molar-refractivity contribution in [3.05, 3.63) is 69.8 Å². The van der Waals surface area contributed by atoms with E-state index < -0.39 is 22.8 Å². The molecule has 1 fully saturated rings. The summed E-state index contributed by atoms with van der Waals surface area (Å²) < 4.78 is 20.4. The van der Waals surface area contributed by atoms with E-state index in [0.29, 0.717) is 0 Å². The first-order valence-electron chi connectivity index (χ1n) is 9.40. The van der Waals surface area contributed by atoms with Gasteiger partial charge in [0.25, 0.3) is 5.91 Å². The molecule has 0 saturated carbocycles. The van der Waals surface area contributed by atoms with E-state index in [2.05, 4.69) is 16.6 Å². The van der Waals surface area contributed by atoms with Gasteiger partial charge in [0.2, 0.25) is 11.5 Å². The Balaban J connectivity index is 1.88. The summed E-state index contributed by atoms with van der Waals surface area (Å²) >= 11 is 0. The molecule has 0 radical (unpaired) electrons. The Hall–Kier alpha value is -4.61. The molecule has 12 nitrogen and oxygen atoms in total. The van der Waals surface area contributed by atoms with Crippen molar-refractivity contribution < 1.29 is 37.9 Å². The van der Waals surface area contributed by atoms with E-state index in [-0.39, 0.29) is 53.1 Å². The first kappa shape index (κ1) is 23.1. The van der Waals surface area contributed by atoms with Gasteiger partial charge in [-0.05, 0) is 29.8 Å². The van der Waals surface area contributed by atoms with Crippen molar-refractivity contribution in [2.45, 2.75) is 6.54 Å². The van der Waals surface area contributed by atoms with Crippen molar-refractivity contribution >= 4 is 29.7 Å². The Morgan fingerprint density at radius 2 is 2.06 bits per heavy atom. The average molecular weight is 457 g/mol. The van der Waals surface area contributed by atoms with Crippen LogP contribution in [0.3, 0.4) is 0 Å². The highest BCUT2D eigenvalue weighted by molar-refractivity contribution is 6.13. The van der Waals surface area contributed by atoms with E-state index in [0.717, 1.165) is 4.90 Å². The van der Waals surface area contributed by atoms with Crippen LogP contribution in [0.5, 0.6) is 11.5 Å². The molecule has 2 heterocycles. The summed E-state index contributed by atoms with van der Waals surface area (Å²) in [5.74, 6) is -1.31. The average Bonchev–Trinajstić information content (AvgIpc) is 3.37. The van der Waals surface area contributed by atoms with Gasteiger partial charge in [-0.15, -0.1) is 0 Å². The third-order valence-electron chi connectivity index (χ3n) is 4.46. The van der Waals surface area contributed by atoms with E-state index in [1.807, 2.05) is 0 Å². The minimum absolute atomic E-state index is 0.0195. The molecule has 1 saturated heterocycles. The highest BCUT2D eigenvalue weighted by Crippen LogP contribution is 2.39. The van der Waals surface area contributed by atoms with Crippen molar-refractivity contribution in [2.24, 2.45) is 0 Å². The van der Waals surface area contributed by atoms with E-state index in [1.54, 1.807) is 0 Å². The zero-order chi connectivity index (χ0) is 24.1. The molecule has 1 N–H and O–H groups in total. The van der Waals surface area contributed by atoms with Gasteiger partial charge in [-0.1, -0.05) is 12.7 Å². The minimum Gasteiger partial charge on any atom is -0.493 e. The molecule has 12 heteroatoms. The van der Waals surface area contributed by atoms with Crippen molar-refractivity contribution in [1.29, 1.82) is 0 Å². The number of carbonyl (C=O) groups is 3. The van der Waals surface area contributed by atoms with Gasteiger partial charge in [0.05, 0.1) is 25.7 Å². The quantitative estimate of drug-likeness (QED) is 0.150. The lowest BCUT2D eigenvalue weighted by molar-refractivity contribution is -0.385. The van der Waals surface area contributed by atoms with Crippen LogP contribution < -0.4 is 14.8 Å². The standard InChI is InChI=1S/C21H19N3O9/c1-4-7-32-18-15(24(28)29)9-12(10-17(18)30-2)8-14-19(25)23(21(27)22-14)11-13-5-6-16(33-13)20(26)31-3/h4-6,8-10H,1,7,11H2,2-3H3,(H,22,27). The van der Waals surface area contributed by atoms with Crippen LogP contribution in [-0.4, -0.2) is 48.6 Å². The van der Waals surface area contributed by atoms with Gasteiger partial charge in [-0.25, -0.2) is 9.59 Å². The lowest BCUT2D eigenvalue weighted by Crippen LogP contribution is -2.30. The topological polar surface area (TPSA) is 150 Å². The Morgan fingerprint density at radius 1 is 1.30 bits per heavy atom. The normalized spacial score (nSPS) is 14.2. The Kier molecular flexibility index (Phi) is 6.77. The number of rotatable bonds is 9. The molecule has 0 atom stereocenters. The highest BCUT2D eigenvalue weighted by atomic mass is 16.6. The summed E-state index contributed by atoms with van der Waals surface area (Å²) in [4.78, 5) is 48.3. The first-order chi connectivity index (χ1) is 15.8. The van der Waals surface area contributed by atoms with Gasteiger partial charge >= 0.3 is 17.7 Å². The van der Waals surface area contributed by atoms with Gasteiger partial charge in [-0.3, -0.25) is 19.8 Å². The SMILES string of the molecule is C=CCOc1c(OC)cc(C=C2NC(=O)N(Cc3ccc(C(=O)OC)o3)C2=O)cc1[N+](=O)[O-]. The van der Waals surface area contributed by atoms with Gasteiger partial charge < -0.3 is 23.9 Å². The third-order valence-corrected chi connectivity index (χ3v) is 4.46. The number of nitrogens with zero attached hydrogens (tertiary/aromatic N) is 2. The lowest BCUT2D eigenvalue weighted by Gasteiger charge is -2.11. The molecule has 3 rings (SSSR count). The predicted octanol–water partition coefficient (Wildman–Crippen LogP) is 2.64. The molecule has 2 aromatic rings. The number of imide groups is 1. The van der Waals surface area contributed by atoms with E-state index in [4.69, 9.17) is 13.9 Å². The number of carbonyl (C=O) groups excluding carboxylic acids is 3.